The van der Waals surface area contributed by atoms with Gasteiger partial charge in [0.2, 0.25) is 0 Å². The minimum absolute atomic E-state index is 0.0150. The summed E-state index contributed by atoms with van der Waals surface area (Å²) >= 11 is 1.21. The van der Waals surface area contributed by atoms with Crippen molar-refractivity contribution in [2.75, 3.05) is 12.4 Å². The van der Waals surface area contributed by atoms with Crippen molar-refractivity contribution in [3.63, 3.8) is 0 Å². The third-order valence-corrected chi connectivity index (χ3v) is 4.43. The summed E-state index contributed by atoms with van der Waals surface area (Å²) in [7, 11) is 0. The van der Waals surface area contributed by atoms with Gasteiger partial charge in [0.25, 0.3) is 11.1 Å². The molecule has 6 nitrogen and oxygen atoms in total. The van der Waals surface area contributed by atoms with Gasteiger partial charge >= 0.3 is 0 Å². The number of aryl methyl sites for hydroxylation is 1. The zero-order valence-corrected chi connectivity index (χ0v) is 16.0. The molecule has 3 aromatic rings. The van der Waals surface area contributed by atoms with Gasteiger partial charge in [-0.3, -0.25) is 4.79 Å². The molecule has 2 aromatic carbocycles. The molecule has 0 unspecified atom stereocenters. The van der Waals surface area contributed by atoms with E-state index in [9.17, 15) is 4.79 Å². The van der Waals surface area contributed by atoms with Crippen LogP contribution in [0.15, 0.2) is 58.2 Å². The molecule has 0 saturated heterocycles. The summed E-state index contributed by atoms with van der Waals surface area (Å²) in [5.41, 5.74) is 1.73. The zero-order valence-electron chi connectivity index (χ0n) is 15.2. The molecule has 0 fully saturated rings. The van der Waals surface area contributed by atoms with Crippen LogP contribution >= 0.6 is 11.8 Å². The van der Waals surface area contributed by atoms with Crippen molar-refractivity contribution in [3.05, 3.63) is 65.5 Å². The quantitative estimate of drug-likeness (QED) is 0.401. The van der Waals surface area contributed by atoms with Crippen LogP contribution in [-0.4, -0.2) is 28.3 Å². The van der Waals surface area contributed by atoms with Crippen molar-refractivity contribution >= 4 is 17.5 Å². The molecule has 3 rings (SSSR count). The maximum absolute atomic E-state index is 12.3. The van der Waals surface area contributed by atoms with Crippen LogP contribution in [0.25, 0.3) is 0 Å². The minimum Gasteiger partial charge on any atom is -0.494 e. The van der Waals surface area contributed by atoms with Crippen LogP contribution in [-0.2, 0) is 6.61 Å². The number of rotatable bonds is 9. The summed E-state index contributed by atoms with van der Waals surface area (Å²) in [6.45, 7) is 4.69. The monoisotopic (exact) mass is 384 g/mol. The molecule has 7 heteroatoms. The molecule has 0 spiro atoms. The number of nitrogens with zero attached hydrogens (tertiary/aromatic N) is 2. The Balaban J connectivity index is 1.49. The molecule has 27 heavy (non-hydrogen) atoms. The van der Waals surface area contributed by atoms with Gasteiger partial charge in [-0.25, -0.2) is 0 Å². The molecule has 1 heterocycles. The number of Topliss-reactive ketones (excluding diaryl/α,β-unsaturated/α-hetero) is 1. The van der Waals surface area contributed by atoms with Crippen LogP contribution < -0.4 is 9.47 Å². The number of hydrogen-bond donors (Lipinski definition) is 0. The van der Waals surface area contributed by atoms with Crippen molar-refractivity contribution in [2.24, 2.45) is 0 Å². The lowest BCUT2D eigenvalue weighted by Crippen LogP contribution is -2.02. The molecule has 1 aromatic heterocycles. The highest BCUT2D eigenvalue weighted by Gasteiger charge is 2.12. The Bertz CT molecular complexity index is 893. The van der Waals surface area contributed by atoms with Gasteiger partial charge in [-0.05, 0) is 55.8 Å². The van der Waals surface area contributed by atoms with Crippen LogP contribution in [0.2, 0.25) is 0 Å². The highest BCUT2D eigenvalue weighted by Crippen LogP contribution is 2.20. The number of ketones is 1. The molecule has 0 bridgehead atoms. The van der Waals surface area contributed by atoms with Gasteiger partial charge in [0.15, 0.2) is 12.4 Å². The van der Waals surface area contributed by atoms with E-state index in [-0.39, 0.29) is 18.1 Å². The van der Waals surface area contributed by atoms with Crippen LogP contribution in [0.1, 0.15) is 28.7 Å². The summed E-state index contributed by atoms with van der Waals surface area (Å²) in [6, 6.07) is 14.8. The van der Waals surface area contributed by atoms with Gasteiger partial charge in [0.1, 0.15) is 11.5 Å². The van der Waals surface area contributed by atoms with Crippen LogP contribution in [0.4, 0.5) is 0 Å². The fourth-order valence-corrected chi connectivity index (χ4v) is 2.99. The number of ether oxygens (including phenoxy) is 2. The van der Waals surface area contributed by atoms with E-state index in [4.69, 9.17) is 13.9 Å². The Morgan fingerprint density at radius 2 is 1.89 bits per heavy atom. The van der Waals surface area contributed by atoms with Crippen molar-refractivity contribution in [1.29, 1.82) is 0 Å². The van der Waals surface area contributed by atoms with Gasteiger partial charge in [-0.1, -0.05) is 23.9 Å². The van der Waals surface area contributed by atoms with E-state index in [2.05, 4.69) is 10.2 Å². The van der Waals surface area contributed by atoms with Crippen molar-refractivity contribution in [1.82, 2.24) is 10.2 Å². The van der Waals surface area contributed by atoms with Crippen LogP contribution in [0, 0.1) is 6.92 Å². The van der Waals surface area contributed by atoms with E-state index in [1.54, 1.807) is 24.3 Å². The maximum atomic E-state index is 12.3. The predicted molar refractivity (Wildman–Crippen MR) is 102 cm³/mol. The molecular formula is C20H20N2O4S. The Hall–Kier alpha value is -2.80. The molecule has 0 amide bonds. The normalized spacial score (nSPS) is 10.6. The molecule has 0 aliphatic heterocycles. The van der Waals surface area contributed by atoms with Crippen LogP contribution in [0.5, 0.6) is 11.5 Å². The SMILES string of the molecule is CCOc1ccc(C(=O)CSc2nnc(COc3cccc(C)c3)o2)cc1. The Morgan fingerprint density at radius 1 is 1.07 bits per heavy atom. The predicted octanol–water partition coefficient (Wildman–Crippen LogP) is 4.33. The first kappa shape index (κ1) is 19.0. The third-order valence-electron chi connectivity index (χ3n) is 3.61. The molecular weight excluding hydrogens is 364 g/mol. The van der Waals surface area contributed by atoms with Gasteiger partial charge in [-0.2, -0.15) is 0 Å². The van der Waals surface area contributed by atoms with Crippen LogP contribution in [0.3, 0.4) is 0 Å². The summed E-state index contributed by atoms with van der Waals surface area (Å²) in [5, 5.41) is 8.23. The van der Waals surface area contributed by atoms with E-state index in [0.717, 1.165) is 17.1 Å². The Labute approximate surface area is 161 Å². The van der Waals surface area contributed by atoms with Gasteiger partial charge < -0.3 is 13.9 Å². The number of thioether (sulfide) groups is 1. The molecule has 0 atom stereocenters. The fraction of sp³-hybridized carbons (Fsp3) is 0.250. The largest absolute Gasteiger partial charge is 0.494 e. The minimum atomic E-state index is -0.0150. The first-order valence-corrected chi connectivity index (χ1v) is 9.53. The third kappa shape index (κ3) is 5.59. The number of carbonyl (C=O) groups excluding carboxylic acids is 1. The lowest BCUT2D eigenvalue weighted by Gasteiger charge is -2.04. The average molecular weight is 384 g/mol. The summed E-state index contributed by atoms with van der Waals surface area (Å²) in [4.78, 5) is 12.3. The number of benzene rings is 2. The van der Waals surface area contributed by atoms with E-state index in [1.807, 2.05) is 38.1 Å². The standard InChI is InChI=1S/C20H20N2O4S/c1-3-24-16-9-7-15(8-10-16)18(23)13-27-20-22-21-19(26-20)12-25-17-6-4-5-14(2)11-17/h4-11H,3,12-13H2,1-2H3. The van der Waals surface area contributed by atoms with E-state index >= 15 is 0 Å². The number of hydrogen-bond acceptors (Lipinski definition) is 7. The lowest BCUT2D eigenvalue weighted by atomic mass is 10.1. The lowest BCUT2D eigenvalue weighted by molar-refractivity contribution is 0.102. The molecule has 140 valence electrons. The second-order valence-electron chi connectivity index (χ2n) is 5.74. The Kier molecular flexibility index (Phi) is 6.49. The van der Waals surface area contributed by atoms with Gasteiger partial charge in [-0.15, -0.1) is 10.2 Å². The maximum Gasteiger partial charge on any atom is 0.277 e. The summed E-state index contributed by atoms with van der Waals surface area (Å²) in [6.07, 6.45) is 0. The average Bonchev–Trinajstić information content (AvgIpc) is 3.13. The summed E-state index contributed by atoms with van der Waals surface area (Å²) < 4.78 is 16.5. The van der Waals surface area contributed by atoms with E-state index < -0.39 is 0 Å². The molecule has 0 radical (unpaired) electrons. The topological polar surface area (TPSA) is 74.5 Å². The highest BCUT2D eigenvalue weighted by atomic mass is 32.2. The first-order chi connectivity index (χ1) is 13.1. The van der Waals surface area contributed by atoms with E-state index in [0.29, 0.717) is 23.3 Å². The number of carbonyl (C=O) groups is 1. The smallest absolute Gasteiger partial charge is 0.277 e. The molecule has 0 saturated carbocycles. The van der Waals surface area contributed by atoms with Gasteiger partial charge in [0, 0.05) is 5.56 Å². The van der Waals surface area contributed by atoms with Crippen molar-refractivity contribution in [2.45, 2.75) is 25.7 Å². The molecule has 0 N–H and O–H groups in total. The van der Waals surface area contributed by atoms with Crippen molar-refractivity contribution in [3.8, 4) is 11.5 Å². The van der Waals surface area contributed by atoms with Crippen molar-refractivity contribution < 1.29 is 18.7 Å². The molecule has 0 aliphatic carbocycles. The fourth-order valence-electron chi connectivity index (χ4n) is 2.32. The van der Waals surface area contributed by atoms with E-state index in [1.165, 1.54) is 11.8 Å². The highest BCUT2D eigenvalue weighted by molar-refractivity contribution is 7.99. The Morgan fingerprint density at radius 3 is 2.63 bits per heavy atom. The molecule has 0 aliphatic rings. The second kappa shape index (κ2) is 9.23. The summed E-state index contributed by atoms with van der Waals surface area (Å²) in [5.74, 6) is 2.06. The number of aromatic nitrogens is 2. The first-order valence-electron chi connectivity index (χ1n) is 8.54. The zero-order chi connectivity index (χ0) is 19.1. The van der Waals surface area contributed by atoms with Gasteiger partial charge in [0.05, 0.1) is 12.4 Å². The second-order valence-corrected chi connectivity index (χ2v) is 6.66.